The van der Waals surface area contributed by atoms with Crippen molar-refractivity contribution in [3.8, 4) is 0 Å². The number of carbonyl (C=O) groups is 2. The van der Waals surface area contributed by atoms with Crippen LogP contribution < -0.4 is 10.2 Å². The predicted molar refractivity (Wildman–Crippen MR) is 98.7 cm³/mol. The van der Waals surface area contributed by atoms with Crippen LogP contribution in [0, 0.1) is 11.6 Å². The van der Waals surface area contributed by atoms with E-state index in [1.807, 2.05) is 0 Å². The Morgan fingerprint density at radius 2 is 2.10 bits per heavy atom. The Kier molecular flexibility index (Phi) is 4.79. The third kappa shape index (κ3) is 3.46. The van der Waals surface area contributed by atoms with Crippen LogP contribution in [-0.2, 0) is 22.7 Å². The number of amides is 2. The Bertz CT molecular complexity index is 1010. The first-order chi connectivity index (χ1) is 13.9. The number of imidazole rings is 1. The van der Waals surface area contributed by atoms with E-state index in [2.05, 4.69) is 10.3 Å². The van der Waals surface area contributed by atoms with Gasteiger partial charge in [-0.2, -0.15) is 0 Å². The molecule has 1 aromatic heterocycles. The number of allylic oxidation sites excluding steroid dienone is 1. The Morgan fingerprint density at radius 1 is 1.38 bits per heavy atom. The zero-order chi connectivity index (χ0) is 20.7. The van der Waals surface area contributed by atoms with Gasteiger partial charge in [0.1, 0.15) is 17.7 Å². The fourth-order valence-electron chi connectivity index (χ4n) is 3.51. The largest absolute Gasteiger partial charge is 0.442 e. The highest BCUT2D eigenvalue weighted by molar-refractivity contribution is 5.91. The Morgan fingerprint density at radius 3 is 2.76 bits per heavy atom. The summed E-state index contributed by atoms with van der Waals surface area (Å²) in [7, 11) is 0. The molecule has 1 fully saturated rings. The van der Waals surface area contributed by atoms with Crippen molar-refractivity contribution in [2.45, 2.75) is 26.2 Å². The maximum absolute atomic E-state index is 14.8. The van der Waals surface area contributed by atoms with Gasteiger partial charge in [0.05, 0.1) is 48.7 Å². The number of aromatic nitrogens is 2. The molecule has 2 N–H and O–H groups in total. The van der Waals surface area contributed by atoms with E-state index in [1.54, 1.807) is 10.6 Å². The first-order valence-corrected chi connectivity index (χ1v) is 8.94. The van der Waals surface area contributed by atoms with Gasteiger partial charge in [-0.05, 0) is 23.8 Å². The van der Waals surface area contributed by atoms with Gasteiger partial charge in [-0.25, -0.2) is 18.6 Å². The van der Waals surface area contributed by atoms with Gasteiger partial charge in [-0.1, -0.05) is 0 Å². The van der Waals surface area contributed by atoms with Gasteiger partial charge in [-0.15, -0.1) is 0 Å². The summed E-state index contributed by atoms with van der Waals surface area (Å²) >= 11 is 0. The van der Waals surface area contributed by atoms with Gasteiger partial charge in [0, 0.05) is 13.5 Å². The van der Waals surface area contributed by atoms with E-state index in [-0.39, 0.29) is 43.4 Å². The molecule has 2 aromatic rings. The topological polar surface area (TPSA) is 96.7 Å². The minimum Gasteiger partial charge on any atom is -0.442 e. The number of aliphatic hydroxyl groups is 1. The molecule has 29 heavy (non-hydrogen) atoms. The van der Waals surface area contributed by atoms with Gasteiger partial charge < -0.3 is 19.7 Å². The number of aliphatic hydroxyl groups excluding tert-OH is 1. The second-order valence-corrected chi connectivity index (χ2v) is 6.87. The van der Waals surface area contributed by atoms with Gasteiger partial charge >= 0.3 is 6.09 Å². The molecule has 1 atom stereocenters. The number of hydrogen-bond acceptors (Lipinski definition) is 5. The maximum Gasteiger partial charge on any atom is 0.414 e. The van der Waals surface area contributed by atoms with E-state index in [9.17, 15) is 23.5 Å². The number of carbonyl (C=O) groups excluding carboxylic acids is 2. The second-order valence-electron chi connectivity index (χ2n) is 6.87. The molecule has 3 heterocycles. The number of rotatable bonds is 5. The standard InChI is InChI=1S/C19H18F2N4O4/c1-10(27)22-5-13-7-25(19(28)29-13)12-3-14(20)18(15(21)4-12)11-2-17-16(8-26)23-9-24(17)6-11/h2-4,9,13,26H,5-8H2,1H3,(H,22,27)/t13-/m0/s1. The monoisotopic (exact) mass is 404 g/mol. The molecule has 1 saturated heterocycles. The van der Waals surface area contributed by atoms with Crippen LogP contribution in [0.4, 0.5) is 19.3 Å². The first kappa shape index (κ1) is 19.1. The molecule has 2 amide bonds. The third-order valence-corrected chi connectivity index (χ3v) is 4.87. The molecule has 152 valence electrons. The lowest BCUT2D eigenvalue weighted by Crippen LogP contribution is -2.33. The van der Waals surface area contributed by atoms with Gasteiger partial charge in [0.25, 0.3) is 0 Å². The average molecular weight is 404 g/mol. The second kappa shape index (κ2) is 7.28. The van der Waals surface area contributed by atoms with Crippen molar-refractivity contribution in [3.05, 3.63) is 47.0 Å². The normalized spacial score (nSPS) is 17.9. The van der Waals surface area contributed by atoms with Crippen LogP contribution in [0.15, 0.2) is 18.5 Å². The van der Waals surface area contributed by atoms with Gasteiger partial charge in [0.15, 0.2) is 0 Å². The Hall–Kier alpha value is -3.27. The summed E-state index contributed by atoms with van der Waals surface area (Å²) < 4.78 is 36.5. The number of halogens is 2. The summed E-state index contributed by atoms with van der Waals surface area (Å²) in [4.78, 5) is 28.2. The summed E-state index contributed by atoms with van der Waals surface area (Å²) in [5.74, 6) is -1.89. The lowest BCUT2D eigenvalue weighted by atomic mass is 10.0. The van der Waals surface area contributed by atoms with Crippen LogP contribution >= 0.6 is 0 Å². The fraction of sp³-hybridized carbons (Fsp3) is 0.316. The molecule has 0 bridgehead atoms. The van der Waals surface area contributed by atoms with E-state index in [0.717, 1.165) is 17.0 Å². The lowest BCUT2D eigenvalue weighted by molar-refractivity contribution is -0.119. The molecule has 2 aliphatic heterocycles. The highest BCUT2D eigenvalue weighted by atomic mass is 19.1. The van der Waals surface area contributed by atoms with Crippen molar-refractivity contribution in [1.82, 2.24) is 14.9 Å². The molecule has 0 aliphatic carbocycles. The lowest BCUT2D eigenvalue weighted by Gasteiger charge is -2.15. The molecule has 8 nitrogen and oxygen atoms in total. The fourth-order valence-corrected chi connectivity index (χ4v) is 3.51. The molecule has 0 spiro atoms. The Labute approximate surface area is 164 Å². The number of ether oxygens (including phenoxy) is 1. The van der Waals surface area contributed by atoms with Crippen molar-refractivity contribution in [2.24, 2.45) is 0 Å². The quantitative estimate of drug-likeness (QED) is 0.790. The molecule has 1 aromatic carbocycles. The zero-order valence-electron chi connectivity index (χ0n) is 15.5. The van der Waals surface area contributed by atoms with E-state index >= 15 is 0 Å². The molecule has 2 aliphatic rings. The molecular weight excluding hydrogens is 386 g/mol. The minimum atomic E-state index is -0.811. The van der Waals surface area contributed by atoms with Crippen LogP contribution in [0.3, 0.4) is 0 Å². The highest BCUT2D eigenvalue weighted by Gasteiger charge is 2.34. The number of hydrogen-bond donors (Lipinski definition) is 2. The van der Waals surface area contributed by atoms with Gasteiger partial charge in [0.2, 0.25) is 5.91 Å². The van der Waals surface area contributed by atoms with Crippen LogP contribution in [0.1, 0.15) is 23.9 Å². The molecule has 0 saturated carbocycles. The summed E-state index contributed by atoms with van der Waals surface area (Å²) in [6.07, 6.45) is 1.75. The summed E-state index contributed by atoms with van der Waals surface area (Å²) in [5.41, 5.74) is 1.29. The smallest absolute Gasteiger partial charge is 0.414 e. The molecule has 0 unspecified atom stereocenters. The molecule has 4 rings (SSSR count). The van der Waals surface area contributed by atoms with Crippen molar-refractivity contribution in [2.75, 3.05) is 18.0 Å². The first-order valence-electron chi connectivity index (χ1n) is 8.94. The number of nitrogens with zero attached hydrogens (tertiary/aromatic N) is 3. The predicted octanol–water partition coefficient (Wildman–Crippen LogP) is 1.67. The summed E-state index contributed by atoms with van der Waals surface area (Å²) in [6, 6.07) is 2.17. The number of cyclic esters (lactones) is 1. The van der Waals surface area contributed by atoms with E-state index < -0.39 is 23.8 Å². The van der Waals surface area contributed by atoms with Gasteiger partial charge in [-0.3, -0.25) is 9.69 Å². The number of fused-ring (bicyclic) bond motifs is 1. The SMILES string of the molecule is CC(=O)NC[C@H]1CN(c2cc(F)c(C3=Cc4c(CO)ncn4C3)c(F)c2)C(=O)O1. The Balaban J connectivity index is 1.58. The van der Waals surface area contributed by atoms with Crippen molar-refractivity contribution < 1.29 is 28.2 Å². The maximum atomic E-state index is 14.8. The van der Waals surface area contributed by atoms with Crippen LogP contribution in [-0.4, -0.2) is 45.9 Å². The van der Waals surface area contributed by atoms with Crippen LogP contribution in [0.5, 0.6) is 0 Å². The van der Waals surface area contributed by atoms with Crippen molar-refractivity contribution in [3.63, 3.8) is 0 Å². The molecular formula is C19H18F2N4O4. The van der Waals surface area contributed by atoms with Crippen LogP contribution in [0.25, 0.3) is 11.6 Å². The third-order valence-electron chi connectivity index (χ3n) is 4.87. The number of nitrogens with one attached hydrogen (secondary N) is 1. The van der Waals surface area contributed by atoms with Crippen molar-refractivity contribution >= 4 is 29.3 Å². The number of anilines is 1. The van der Waals surface area contributed by atoms with E-state index in [0.29, 0.717) is 17.0 Å². The zero-order valence-corrected chi connectivity index (χ0v) is 15.5. The van der Waals surface area contributed by atoms with E-state index in [4.69, 9.17) is 4.74 Å². The van der Waals surface area contributed by atoms with Crippen LogP contribution in [0.2, 0.25) is 0 Å². The van der Waals surface area contributed by atoms with E-state index in [1.165, 1.54) is 13.3 Å². The summed E-state index contributed by atoms with van der Waals surface area (Å²) in [5, 5.41) is 11.8. The molecule has 10 heteroatoms. The number of benzene rings is 1. The van der Waals surface area contributed by atoms with Crippen molar-refractivity contribution in [1.29, 1.82) is 0 Å². The summed E-state index contributed by atoms with van der Waals surface area (Å²) in [6.45, 7) is 1.48. The average Bonchev–Trinajstić information content (AvgIpc) is 3.33. The minimum absolute atomic E-state index is 0.0370. The highest BCUT2D eigenvalue weighted by Crippen LogP contribution is 2.34. The molecule has 0 radical (unpaired) electrons.